The maximum absolute atomic E-state index is 12.9. The summed E-state index contributed by atoms with van der Waals surface area (Å²) in [6.07, 6.45) is 0.448. The number of hydrogen-bond donors (Lipinski definition) is 1. The van der Waals surface area contributed by atoms with Crippen LogP contribution in [0.2, 0.25) is 0 Å². The largest absolute Gasteiger partial charge is 0.506 e. The van der Waals surface area contributed by atoms with E-state index in [0.29, 0.717) is 23.1 Å². The van der Waals surface area contributed by atoms with E-state index in [-0.39, 0.29) is 16.6 Å². The molecule has 0 saturated carbocycles. The summed E-state index contributed by atoms with van der Waals surface area (Å²) >= 11 is 1.68. The van der Waals surface area contributed by atoms with Crippen LogP contribution in [0.25, 0.3) is 11.0 Å². The lowest BCUT2D eigenvalue weighted by Gasteiger charge is -2.17. The number of fused-ring (bicyclic) bond motifs is 2. The normalized spacial score (nSPS) is 15.8. The van der Waals surface area contributed by atoms with Crippen molar-refractivity contribution in [1.29, 1.82) is 0 Å². The Balaban J connectivity index is 1.70. The van der Waals surface area contributed by atoms with Crippen LogP contribution in [-0.4, -0.2) is 17.9 Å². The van der Waals surface area contributed by atoms with Crippen LogP contribution >= 0.6 is 11.8 Å². The Kier molecular flexibility index (Phi) is 5.00. The van der Waals surface area contributed by atoms with Crippen molar-refractivity contribution in [3.63, 3.8) is 0 Å². The minimum atomic E-state index is -0.594. The van der Waals surface area contributed by atoms with Crippen LogP contribution in [0.1, 0.15) is 22.8 Å². The number of methoxy groups -OCH3 is 1. The third kappa shape index (κ3) is 3.59. The molecule has 0 fully saturated rings. The average molecular weight is 429 g/mol. The number of aliphatic imine (C=N–C) groups is 1. The molecule has 1 N–H and O–H groups in total. The first kappa shape index (κ1) is 19.5. The lowest BCUT2D eigenvalue weighted by atomic mass is 10.00. The van der Waals surface area contributed by atoms with Crippen LogP contribution in [0.3, 0.4) is 0 Å². The number of thioether (sulfide) groups is 1. The second-order valence-electron chi connectivity index (χ2n) is 7.22. The summed E-state index contributed by atoms with van der Waals surface area (Å²) in [6.45, 7) is 0. The highest BCUT2D eigenvalue weighted by Gasteiger charge is 2.27. The molecular weight excluding hydrogens is 410 g/mol. The molecular formula is C25H19NO4S. The topological polar surface area (TPSA) is 72.0 Å². The van der Waals surface area contributed by atoms with Crippen molar-refractivity contribution >= 4 is 34.1 Å². The van der Waals surface area contributed by atoms with E-state index in [1.807, 2.05) is 48.5 Å². The third-order valence-electron chi connectivity index (χ3n) is 5.31. The molecule has 0 amide bonds. The van der Waals surface area contributed by atoms with Gasteiger partial charge in [0.05, 0.1) is 23.9 Å². The molecule has 1 aromatic heterocycles. The van der Waals surface area contributed by atoms with E-state index < -0.39 is 5.63 Å². The van der Waals surface area contributed by atoms with Gasteiger partial charge in [-0.1, -0.05) is 36.4 Å². The zero-order valence-corrected chi connectivity index (χ0v) is 17.6. The molecule has 0 radical (unpaired) electrons. The van der Waals surface area contributed by atoms with Gasteiger partial charge in [-0.3, -0.25) is 4.99 Å². The highest BCUT2D eigenvalue weighted by atomic mass is 32.2. The number of para-hydroxylation sites is 2. The van der Waals surface area contributed by atoms with Crippen molar-refractivity contribution in [1.82, 2.24) is 0 Å². The van der Waals surface area contributed by atoms with E-state index >= 15 is 0 Å². The van der Waals surface area contributed by atoms with E-state index in [4.69, 9.17) is 14.1 Å². The first-order valence-corrected chi connectivity index (χ1v) is 10.7. The van der Waals surface area contributed by atoms with E-state index in [0.717, 1.165) is 21.9 Å². The smallest absolute Gasteiger partial charge is 0.349 e. The minimum absolute atomic E-state index is 0.0252. The molecule has 1 unspecified atom stereocenters. The van der Waals surface area contributed by atoms with Crippen molar-refractivity contribution in [3.05, 3.63) is 94.3 Å². The van der Waals surface area contributed by atoms with Crippen LogP contribution in [0.15, 0.2) is 91.9 Å². The Morgan fingerprint density at radius 3 is 2.74 bits per heavy atom. The first-order chi connectivity index (χ1) is 15.1. The Morgan fingerprint density at radius 2 is 1.87 bits per heavy atom. The summed E-state index contributed by atoms with van der Waals surface area (Å²) in [5, 5.41) is 11.5. The molecule has 0 aliphatic carbocycles. The molecule has 5 nitrogen and oxygen atoms in total. The minimum Gasteiger partial charge on any atom is -0.506 e. The number of ether oxygens (including phenoxy) is 1. The highest BCUT2D eigenvalue weighted by Crippen LogP contribution is 2.46. The maximum atomic E-state index is 12.9. The predicted molar refractivity (Wildman–Crippen MR) is 123 cm³/mol. The predicted octanol–water partition coefficient (Wildman–Crippen LogP) is 5.87. The fourth-order valence-electron chi connectivity index (χ4n) is 3.78. The number of rotatable bonds is 3. The standard InChI is InChI=1S/C25H19NO4S/c1-29-16-8-6-7-15(13-16)22-14-19(26-18-10-3-5-12-21(18)31-22)23-24(27)17-9-2-4-11-20(17)30-25(23)28/h2-13,22,27H,14H2,1H3. The Bertz CT molecular complexity index is 1380. The van der Waals surface area contributed by atoms with Gasteiger partial charge in [-0.05, 0) is 42.0 Å². The Hall–Kier alpha value is -3.51. The maximum Gasteiger partial charge on any atom is 0.349 e. The van der Waals surface area contributed by atoms with E-state index in [1.165, 1.54) is 0 Å². The molecule has 1 aliphatic heterocycles. The van der Waals surface area contributed by atoms with Crippen LogP contribution in [0, 0.1) is 0 Å². The molecule has 154 valence electrons. The van der Waals surface area contributed by atoms with Crippen molar-refractivity contribution in [2.45, 2.75) is 16.6 Å². The number of benzene rings is 3. The Morgan fingerprint density at radius 1 is 1.06 bits per heavy atom. The van der Waals surface area contributed by atoms with Crippen LogP contribution in [0.4, 0.5) is 5.69 Å². The highest BCUT2D eigenvalue weighted by molar-refractivity contribution is 7.99. The first-order valence-electron chi connectivity index (χ1n) is 9.86. The summed E-state index contributed by atoms with van der Waals surface area (Å²) in [6, 6.07) is 22.6. The summed E-state index contributed by atoms with van der Waals surface area (Å²) in [5.74, 6) is 0.668. The summed E-state index contributed by atoms with van der Waals surface area (Å²) in [7, 11) is 1.64. The van der Waals surface area contributed by atoms with Gasteiger partial charge in [0.15, 0.2) is 0 Å². The monoisotopic (exact) mass is 429 g/mol. The van der Waals surface area contributed by atoms with Gasteiger partial charge in [0.25, 0.3) is 0 Å². The van der Waals surface area contributed by atoms with Crippen LogP contribution in [-0.2, 0) is 0 Å². The van der Waals surface area contributed by atoms with Gasteiger partial charge in [-0.15, -0.1) is 11.8 Å². The van der Waals surface area contributed by atoms with E-state index in [2.05, 4.69) is 0 Å². The van der Waals surface area contributed by atoms with Crippen molar-refractivity contribution < 1.29 is 14.3 Å². The van der Waals surface area contributed by atoms with Gasteiger partial charge in [-0.25, -0.2) is 4.79 Å². The van der Waals surface area contributed by atoms with Crippen molar-refractivity contribution in [2.24, 2.45) is 4.99 Å². The lowest BCUT2D eigenvalue weighted by molar-refractivity contribution is 0.414. The number of hydrogen-bond acceptors (Lipinski definition) is 6. The molecule has 1 atom stereocenters. The van der Waals surface area contributed by atoms with Crippen LogP contribution in [0.5, 0.6) is 11.5 Å². The molecule has 31 heavy (non-hydrogen) atoms. The zero-order chi connectivity index (χ0) is 21.4. The molecule has 3 aromatic carbocycles. The van der Waals surface area contributed by atoms with E-state index in [1.54, 1.807) is 43.1 Å². The van der Waals surface area contributed by atoms with Gasteiger partial charge in [0, 0.05) is 16.6 Å². The molecule has 2 heterocycles. The third-order valence-corrected chi connectivity index (χ3v) is 6.63. The lowest BCUT2D eigenvalue weighted by Crippen LogP contribution is -2.16. The van der Waals surface area contributed by atoms with Gasteiger partial charge in [0.1, 0.15) is 22.6 Å². The zero-order valence-electron chi connectivity index (χ0n) is 16.7. The van der Waals surface area contributed by atoms with Gasteiger partial charge in [-0.2, -0.15) is 0 Å². The molecule has 6 heteroatoms. The Labute approximate surface area is 183 Å². The van der Waals surface area contributed by atoms with Crippen molar-refractivity contribution in [3.8, 4) is 11.5 Å². The molecule has 0 bridgehead atoms. The van der Waals surface area contributed by atoms with Crippen molar-refractivity contribution in [2.75, 3.05) is 7.11 Å². The SMILES string of the molecule is COc1cccc(C2CC(c3c(O)c4ccccc4oc3=O)=Nc3ccccc3S2)c1. The molecule has 0 saturated heterocycles. The summed E-state index contributed by atoms with van der Waals surface area (Å²) in [4.78, 5) is 18.7. The molecule has 0 spiro atoms. The van der Waals surface area contributed by atoms with Gasteiger partial charge < -0.3 is 14.3 Å². The fraction of sp³-hybridized carbons (Fsp3) is 0.120. The summed E-state index contributed by atoms with van der Waals surface area (Å²) < 4.78 is 10.9. The summed E-state index contributed by atoms with van der Waals surface area (Å²) in [5.41, 5.74) is 2.19. The quantitative estimate of drug-likeness (QED) is 0.413. The second-order valence-corrected chi connectivity index (χ2v) is 8.47. The second kappa shape index (κ2) is 7.96. The van der Waals surface area contributed by atoms with E-state index in [9.17, 15) is 9.90 Å². The fourth-order valence-corrected chi connectivity index (χ4v) is 5.01. The molecule has 4 aromatic rings. The number of aromatic hydroxyl groups is 1. The van der Waals surface area contributed by atoms with Gasteiger partial charge in [0.2, 0.25) is 0 Å². The number of nitrogens with zero attached hydrogens (tertiary/aromatic N) is 1. The molecule has 1 aliphatic rings. The van der Waals surface area contributed by atoms with Crippen LogP contribution < -0.4 is 10.4 Å². The molecule has 5 rings (SSSR count). The van der Waals surface area contributed by atoms with Gasteiger partial charge >= 0.3 is 5.63 Å². The average Bonchev–Trinajstić information content (AvgIpc) is 2.99.